The summed E-state index contributed by atoms with van der Waals surface area (Å²) in [4.78, 5) is 0. The van der Waals surface area contributed by atoms with Crippen LogP contribution in [0.2, 0.25) is 10.0 Å². The molecule has 1 aliphatic rings. The van der Waals surface area contributed by atoms with E-state index < -0.39 is 0 Å². The third kappa shape index (κ3) is 2.39. The Hall–Kier alpha value is -0.280. The van der Waals surface area contributed by atoms with E-state index in [1.54, 1.807) is 6.07 Å². The maximum atomic E-state index is 5.92. The Labute approximate surface area is 93.2 Å². The fraction of sp³-hybridized carbons (Fsp3) is 0.400. The molecule has 1 heterocycles. The largest absolute Gasteiger partial charge is 0.378 e. The highest BCUT2D eigenvalue weighted by atomic mass is 35.5. The van der Waals surface area contributed by atoms with Gasteiger partial charge < -0.3 is 10.1 Å². The van der Waals surface area contributed by atoms with Crippen molar-refractivity contribution in [2.24, 2.45) is 0 Å². The first kappa shape index (κ1) is 10.2. The number of hydrogen-bond acceptors (Lipinski definition) is 2. The fourth-order valence-electron chi connectivity index (χ4n) is 1.56. The molecule has 0 saturated carbocycles. The Balaban J connectivity index is 2.21. The van der Waals surface area contributed by atoms with Crippen LogP contribution in [-0.2, 0) is 4.74 Å². The van der Waals surface area contributed by atoms with Gasteiger partial charge in [0.15, 0.2) is 0 Å². The van der Waals surface area contributed by atoms with Gasteiger partial charge in [-0.15, -0.1) is 0 Å². The van der Waals surface area contributed by atoms with E-state index >= 15 is 0 Å². The highest BCUT2D eigenvalue weighted by Gasteiger charge is 2.15. The number of morpholine rings is 1. The van der Waals surface area contributed by atoms with Crippen molar-refractivity contribution < 1.29 is 4.74 Å². The zero-order valence-electron chi connectivity index (χ0n) is 7.59. The Kier molecular flexibility index (Phi) is 3.29. The van der Waals surface area contributed by atoms with E-state index in [9.17, 15) is 0 Å². The van der Waals surface area contributed by atoms with E-state index in [1.807, 2.05) is 12.1 Å². The normalized spacial score (nSPS) is 22.3. The summed E-state index contributed by atoms with van der Waals surface area (Å²) in [5.41, 5.74) is 1.09. The predicted molar refractivity (Wildman–Crippen MR) is 58.0 cm³/mol. The van der Waals surface area contributed by atoms with Crippen LogP contribution in [0, 0.1) is 0 Å². The summed E-state index contributed by atoms with van der Waals surface area (Å²) in [5.74, 6) is 0. The molecule has 0 bridgehead atoms. The van der Waals surface area contributed by atoms with Crippen LogP contribution in [-0.4, -0.2) is 19.8 Å². The van der Waals surface area contributed by atoms with Crippen molar-refractivity contribution in [1.82, 2.24) is 5.32 Å². The molecule has 1 fully saturated rings. The van der Waals surface area contributed by atoms with Crippen molar-refractivity contribution in [3.8, 4) is 0 Å². The topological polar surface area (TPSA) is 21.3 Å². The average Bonchev–Trinajstić information content (AvgIpc) is 2.18. The first-order chi connectivity index (χ1) is 6.75. The Morgan fingerprint density at radius 2 is 1.93 bits per heavy atom. The van der Waals surface area contributed by atoms with Crippen molar-refractivity contribution in [1.29, 1.82) is 0 Å². The molecule has 0 aliphatic carbocycles. The van der Waals surface area contributed by atoms with Gasteiger partial charge in [0.25, 0.3) is 0 Å². The molecule has 0 spiro atoms. The third-order valence-electron chi connectivity index (χ3n) is 2.21. The highest BCUT2D eigenvalue weighted by molar-refractivity contribution is 6.34. The van der Waals surface area contributed by atoms with Crippen LogP contribution in [0.4, 0.5) is 0 Å². The molecule has 1 N–H and O–H groups in total. The summed E-state index contributed by atoms with van der Waals surface area (Å²) in [6, 6.07) is 5.77. The molecule has 1 aliphatic heterocycles. The van der Waals surface area contributed by atoms with Gasteiger partial charge >= 0.3 is 0 Å². The number of ether oxygens (including phenoxy) is 1. The molecule has 1 aromatic rings. The molecule has 1 atom stereocenters. The van der Waals surface area contributed by atoms with Gasteiger partial charge in [-0.2, -0.15) is 0 Å². The van der Waals surface area contributed by atoms with Crippen molar-refractivity contribution in [2.45, 2.75) is 6.04 Å². The summed E-state index contributed by atoms with van der Waals surface area (Å²) < 4.78 is 5.37. The molecule has 1 saturated heterocycles. The minimum Gasteiger partial charge on any atom is -0.378 e. The molecular formula is C10H11Cl2NO. The zero-order chi connectivity index (χ0) is 9.97. The molecule has 2 rings (SSSR count). The minimum atomic E-state index is 0.208. The molecule has 76 valence electrons. The maximum absolute atomic E-state index is 5.92. The lowest BCUT2D eigenvalue weighted by molar-refractivity contribution is 0.0769. The number of benzene rings is 1. The molecule has 2 nitrogen and oxygen atoms in total. The molecule has 1 unspecified atom stereocenters. The molecule has 0 aromatic heterocycles. The van der Waals surface area contributed by atoms with E-state index in [1.165, 1.54) is 0 Å². The van der Waals surface area contributed by atoms with Crippen LogP contribution in [0.15, 0.2) is 18.2 Å². The molecule has 0 amide bonds. The Bertz CT molecular complexity index is 304. The summed E-state index contributed by atoms with van der Waals surface area (Å²) in [5, 5.41) is 4.68. The number of nitrogens with one attached hydrogen (secondary N) is 1. The maximum Gasteiger partial charge on any atom is 0.0662 e. The smallest absolute Gasteiger partial charge is 0.0662 e. The van der Waals surface area contributed by atoms with Gasteiger partial charge in [-0.3, -0.25) is 0 Å². The van der Waals surface area contributed by atoms with Gasteiger partial charge in [-0.25, -0.2) is 0 Å². The second-order valence-corrected chi connectivity index (χ2v) is 4.16. The van der Waals surface area contributed by atoms with Crippen LogP contribution >= 0.6 is 23.2 Å². The first-order valence-corrected chi connectivity index (χ1v) is 5.28. The van der Waals surface area contributed by atoms with E-state index in [2.05, 4.69) is 5.32 Å². The van der Waals surface area contributed by atoms with Crippen LogP contribution in [0.25, 0.3) is 0 Å². The van der Waals surface area contributed by atoms with Crippen molar-refractivity contribution in [2.75, 3.05) is 19.8 Å². The van der Waals surface area contributed by atoms with E-state index in [4.69, 9.17) is 27.9 Å². The van der Waals surface area contributed by atoms with Crippen LogP contribution in [0.1, 0.15) is 11.6 Å². The lowest BCUT2D eigenvalue weighted by Gasteiger charge is -2.24. The van der Waals surface area contributed by atoms with Crippen LogP contribution in [0.3, 0.4) is 0 Å². The Morgan fingerprint density at radius 1 is 1.21 bits per heavy atom. The van der Waals surface area contributed by atoms with Gasteiger partial charge in [0.2, 0.25) is 0 Å². The second-order valence-electron chi connectivity index (χ2n) is 3.28. The SMILES string of the molecule is Clc1cc(Cl)cc(C2COCCN2)c1. The van der Waals surface area contributed by atoms with Crippen molar-refractivity contribution in [3.05, 3.63) is 33.8 Å². The van der Waals surface area contributed by atoms with E-state index in [0.29, 0.717) is 16.7 Å². The number of halogens is 2. The summed E-state index contributed by atoms with van der Waals surface area (Å²) in [6.07, 6.45) is 0. The lowest BCUT2D eigenvalue weighted by atomic mass is 10.1. The third-order valence-corrected chi connectivity index (χ3v) is 2.65. The van der Waals surface area contributed by atoms with Gasteiger partial charge in [0, 0.05) is 16.6 Å². The molecular weight excluding hydrogens is 221 g/mol. The molecule has 14 heavy (non-hydrogen) atoms. The van der Waals surface area contributed by atoms with Gasteiger partial charge in [0.1, 0.15) is 0 Å². The quantitative estimate of drug-likeness (QED) is 0.803. The highest BCUT2D eigenvalue weighted by Crippen LogP contribution is 2.24. The van der Waals surface area contributed by atoms with E-state index in [-0.39, 0.29) is 6.04 Å². The molecule has 4 heteroatoms. The number of rotatable bonds is 1. The van der Waals surface area contributed by atoms with Gasteiger partial charge in [-0.1, -0.05) is 23.2 Å². The number of hydrogen-bond donors (Lipinski definition) is 1. The van der Waals surface area contributed by atoms with Crippen LogP contribution < -0.4 is 5.32 Å². The lowest BCUT2D eigenvalue weighted by Crippen LogP contribution is -2.34. The van der Waals surface area contributed by atoms with Gasteiger partial charge in [-0.05, 0) is 23.8 Å². The summed E-state index contributed by atoms with van der Waals surface area (Å²) in [7, 11) is 0. The predicted octanol–water partition coefficient (Wildman–Crippen LogP) is 2.65. The standard InChI is InChI=1S/C10H11Cl2NO/c11-8-3-7(4-9(12)5-8)10-6-14-2-1-13-10/h3-5,10,13H,1-2,6H2. The first-order valence-electron chi connectivity index (χ1n) is 4.53. The Morgan fingerprint density at radius 3 is 2.50 bits per heavy atom. The van der Waals surface area contributed by atoms with Crippen molar-refractivity contribution >= 4 is 23.2 Å². The van der Waals surface area contributed by atoms with E-state index in [0.717, 1.165) is 18.7 Å². The van der Waals surface area contributed by atoms with Crippen molar-refractivity contribution in [3.63, 3.8) is 0 Å². The second kappa shape index (κ2) is 4.49. The van der Waals surface area contributed by atoms with Crippen LogP contribution in [0.5, 0.6) is 0 Å². The minimum absolute atomic E-state index is 0.208. The zero-order valence-corrected chi connectivity index (χ0v) is 9.11. The van der Waals surface area contributed by atoms with Gasteiger partial charge in [0.05, 0.1) is 19.3 Å². The summed E-state index contributed by atoms with van der Waals surface area (Å²) in [6.45, 7) is 2.32. The fourth-order valence-corrected chi connectivity index (χ4v) is 2.10. The monoisotopic (exact) mass is 231 g/mol. The molecule has 1 aromatic carbocycles. The summed E-state index contributed by atoms with van der Waals surface area (Å²) >= 11 is 11.8. The average molecular weight is 232 g/mol. The molecule has 0 radical (unpaired) electrons.